The average molecular weight is 358 g/mol. The minimum atomic E-state index is -0.582. The highest BCUT2D eigenvalue weighted by molar-refractivity contribution is 5.89. The third kappa shape index (κ3) is 5.54. The molecule has 0 bridgehead atoms. The van der Waals surface area contributed by atoms with Crippen molar-refractivity contribution in [2.45, 2.75) is 20.4 Å². The second-order valence-electron chi connectivity index (χ2n) is 6.12. The summed E-state index contributed by atoms with van der Waals surface area (Å²) in [5.41, 5.74) is 7.54. The molecule has 0 unspecified atom stereocenters. The van der Waals surface area contributed by atoms with E-state index >= 15 is 0 Å². The van der Waals surface area contributed by atoms with Crippen molar-refractivity contribution < 1.29 is 13.9 Å². The number of aryl methyl sites for hydroxylation is 2. The fourth-order valence-electron chi connectivity index (χ4n) is 2.58. The average Bonchev–Trinajstić information content (AvgIpc) is 3.04. The number of hydrogen-bond donors (Lipinski definition) is 2. The number of carbonyl (C=O) groups is 1. The summed E-state index contributed by atoms with van der Waals surface area (Å²) in [6.07, 6.45) is 0. The lowest BCUT2D eigenvalue weighted by molar-refractivity contribution is 0.0972. The molecule has 7 heteroatoms. The molecular formula is C19H26N4O3. The molecule has 1 heterocycles. The summed E-state index contributed by atoms with van der Waals surface area (Å²) < 4.78 is 11.2. The zero-order valence-electron chi connectivity index (χ0n) is 15.7. The number of nitrogens with one attached hydrogen (secondary N) is 1. The maximum atomic E-state index is 11.1. The fourth-order valence-corrected chi connectivity index (χ4v) is 2.58. The van der Waals surface area contributed by atoms with Gasteiger partial charge in [0.25, 0.3) is 5.91 Å². The molecule has 7 nitrogen and oxygen atoms in total. The van der Waals surface area contributed by atoms with Crippen LogP contribution in [0.2, 0.25) is 0 Å². The largest absolute Gasteiger partial charge is 0.492 e. The van der Waals surface area contributed by atoms with E-state index in [1.165, 1.54) is 11.1 Å². The molecule has 2 aromatic rings. The highest BCUT2D eigenvalue weighted by Crippen LogP contribution is 2.16. The van der Waals surface area contributed by atoms with Crippen LogP contribution in [0.4, 0.5) is 0 Å². The Morgan fingerprint density at radius 1 is 1.27 bits per heavy atom. The van der Waals surface area contributed by atoms with E-state index in [9.17, 15) is 4.79 Å². The van der Waals surface area contributed by atoms with Crippen molar-refractivity contribution in [2.75, 3.05) is 27.2 Å². The number of aliphatic imine (C=N–C) groups is 1. The zero-order chi connectivity index (χ0) is 19.1. The molecule has 2 rings (SSSR count). The number of primary amides is 1. The molecule has 0 fully saturated rings. The molecule has 0 saturated heterocycles. The summed E-state index contributed by atoms with van der Waals surface area (Å²) in [4.78, 5) is 17.3. The minimum absolute atomic E-state index is 0.145. The lowest BCUT2D eigenvalue weighted by atomic mass is 10.1. The van der Waals surface area contributed by atoms with Gasteiger partial charge in [-0.2, -0.15) is 0 Å². The molecule has 0 aliphatic heterocycles. The van der Waals surface area contributed by atoms with E-state index in [1.54, 1.807) is 19.2 Å². The molecule has 0 radical (unpaired) electrons. The topological polar surface area (TPSA) is 93.1 Å². The van der Waals surface area contributed by atoms with Gasteiger partial charge in [-0.15, -0.1) is 0 Å². The normalized spacial score (nSPS) is 11.3. The molecule has 0 aliphatic rings. The molecule has 0 spiro atoms. The van der Waals surface area contributed by atoms with E-state index in [2.05, 4.69) is 30.2 Å². The van der Waals surface area contributed by atoms with Crippen LogP contribution >= 0.6 is 0 Å². The molecule has 0 atom stereocenters. The van der Waals surface area contributed by atoms with Gasteiger partial charge in [0, 0.05) is 14.1 Å². The van der Waals surface area contributed by atoms with Gasteiger partial charge in [0.1, 0.15) is 18.1 Å². The van der Waals surface area contributed by atoms with Gasteiger partial charge < -0.3 is 25.1 Å². The summed E-state index contributed by atoms with van der Waals surface area (Å²) >= 11 is 0. The first-order valence-corrected chi connectivity index (χ1v) is 8.40. The van der Waals surface area contributed by atoms with Crippen LogP contribution in [0.1, 0.15) is 27.4 Å². The van der Waals surface area contributed by atoms with Crippen molar-refractivity contribution in [3.8, 4) is 5.75 Å². The Bertz CT molecular complexity index is 763. The Labute approximate surface area is 153 Å². The van der Waals surface area contributed by atoms with Crippen molar-refractivity contribution in [1.82, 2.24) is 10.2 Å². The number of nitrogens with two attached hydrogens (primary N) is 1. The van der Waals surface area contributed by atoms with Crippen molar-refractivity contribution in [2.24, 2.45) is 10.7 Å². The molecule has 140 valence electrons. The second-order valence-corrected chi connectivity index (χ2v) is 6.12. The molecular weight excluding hydrogens is 332 g/mol. The Kier molecular flexibility index (Phi) is 6.66. The molecule has 3 N–H and O–H groups in total. The first-order valence-electron chi connectivity index (χ1n) is 8.40. The standard InChI is InChI=1S/C19H26N4O3/c1-13-9-14(2)11-16(10-13)25-8-7-23(4)19(21-3)22-12-15-5-6-17(26-15)18(20)24/h5-6,9-11H,7-8,12H2,1-4H3,(H2,20,24)(H,21,22). The summed E-state index contributed by atoms with van der Waals surface area (Å²) in [5.74, 6) is 1.74. The van der Waals surface area contributed by atoms with Gasteiger partial charge in [-0.05, 0) is 49.2 Å². The second kappa shape index (κ2) is 8.94. The molecule has 0 aliphatic carbocycles. The van der Waals surface area contributed by atoms with Crippen molar-refractivity contribution >= 4 is 11.9 Å². The molecule has 1 aromatic carbocycles. The summed E-state index contributed by atoms with van der Waals surface area (Å²) in [7, 11) is 3.64. The van der Waals surface area contributed by atoms with E-state index in [0.29, 0.717) is 31.4 Å². The van der Waals surface area contributed by atoms with Crippen molar-refractivity contribution in [3.05, 3.63) is 53.0 Å². The van der Waals surface area contributed by atoms with Crippen LogP contribution in [0.3, 0.4) is 0 Å². The van der Waals surface area contributed by atoms with Gasteiger partial charge in [-0.3, -0.25) is 9.79 Å². The van der Waals surface area contributed by atoms with Crippen LogP contribution in [-0.4, -0.2) is 44.0 Å². The van der Waals surface area contributed by atoms with Crippen LogP contribution in [0, 0.1) is 13.8 Å². The number of guanidine groups is 1. The number of benzene rings is 1. The smallest absolute Gasteiger partial charge is 0.284 e. The third-order valence-electron chi connectivity index (χ3n) is 3.79. The predicted molar refractivity (Wildman–Crippen MR) is 101 cm³/mol. The van der Waals surface area contributed by atoms with Gasteiger partial charge in [0.15, 0.2) is 11.7 Å². The van der Waals surface area contributed by atoms with E-state index in [1.807, 2.05) is 24.1 Å². The maximum Gasteiger partial charge on any atom is 0.284 e. The van der Waals surface area contributed by atoms with Crippen molar-refractivity contribution in [1.29, 1.82) is 0 Å². The Morgan fingerprint density at radius 2 is 1.96 bits per heavy atom. The Hall–Kier alpha value is -2.96. The van der Waals surface area contributed by atoms with Gasteiger partial charge in [-0.1, -0.05) is 6.07 Å². The molecule has 0 saturated carbocycles. The first-order chi connectivity index (χ1) is 12.4. The van der Waals surface area contributed by atoms with Gasteiger partial charge in [0.05, 0.1) is 13.1 Å². The highest BCUT2D eigenvalue weighted by atomic mass is 16.5. The predicted octanol–water partition coefficient (Wildman–Crippen LogP) is 2.08. The van der Waals surface area contributed by atoms with Gasteiger partial charge in [0.2, 0.25) is 0 Å². The summed E-state index contributed by atoms with van der Waals surface area (Å²) in [5, 5.41) is 3.18. The van der Waals surface area contributed by atoms with Crippen molar-refractivity contribution in [3.63, 3.8) is 0 Å². The van der Waals surface area contributed by atoms with Gasteiger partial charge in [-0.25, -0.2) is 0 Å². The summed E-state index contributed by atoms with van der Waals surface area (Å²) in [6.45, 7) is 5.71. The number of likely N-dealkylation sites (N-methyl/N-ethyl adjacent to an activating group) is 1. The molecule has 26 heavy (non-hydrogen) atoms. The minimum Gasteiger partial charge on any atom is -0.492 e. The first kappa shape index (κ1) is 19.4. The number of amides is 1. The highest BCUT2D eigenvalue weighted by Gasteiger charge is 2.10. The SMILES string of the molecule is CN=C(NCc1ccc(C(N)=O)o1)N(C)CCOc1cc(C)cc(C)c1. The van der Waals surface area contributed by atoms with Crippen LogP contribution in [0.25, 0.3) is 0 Å². The van der Waals surface area contributed by atoms with Crippen LogP contribution in [0.15, 0.2) is 39.7 Å². The van der Waals surface area contributed by atoms with E-state index in [0.717, 1.165) is 5.75 Å². The number of furan rings is 1. The lowest BCUT2D eigenvalue weighted by Crippen LogP contribution is -2.40. The zero-order valence-corrected chi connectivity index (χ0v) is 15.7. The Balaban J connectivity index is 1.82. The monoisotopic (exact) mass is 358 g/mol. The quantitative estimate of drug-likeness (QED) is 0.584. The van der Waals surface area contributed by atoms with Gasteiger partial charge >= 0.3 is 0 Å². The van der Waals surface area contributed by atoms with Crippen LogP contribution in [-0.2, 0) is 6.54 Å². The number of rotatable bonds is 7. The summed E-state index contributed by atoms with van der Waals surface area (Å²) in [6, 6.07) is 9.43. The number of nitrogens with zero attached hydrogens (tertiary/aromatic N) is 2. The van der Waals surface area contributed by atoms with E-state index in [4.69, 9.17) is 14.9 Å². The molecule has 1 aromatic heterocycles. The maximum absolute atomic E-state index is 11.1. The molecule has 1 amide bonds. The number of carbonyl (C=O) groups excluding carboxylic acids is 1. The Morgan fingerprint density at radius 3 is 2.54 bits per heavy atom. The van der Waals surface area contributed by atoms with Crippen LogP contribution < -0.4 is 15.8 Å². The van der Waals surface area contributed by atoms with E-state index in [-0.39, 0.29) is 5.76 Å². The number of ether oxygens (including phenoxy) is 1. The third-order valence-corrected chi connectivity index (χ3v) is 3.79. The van der Waals surface area contributed by atoms with Crippen LogP contribution in [0.5, 0.6) is 5.75 Å². The van der Waals surface area contributed by atoms with E-state index < -0.39 is 5.91 Å². The fraction of sp³-hybridized carbons (Fsp3) is 0.368. The number of hydrogen-bond acceptors (Lipinski definition) is 4. The lowest BCUT2D eigenvalue weighted by Gasteiger charge is -2.22.